The Labute approximate surface area is 44.1 Å². The topological polar surface area (TPSA) is 26.1 Å². The van der Waals surface area contributed by atoms with Crippen LogP contribution in [0.5, 0.6) is 0 Å². The van der Waals surface area contributed by atoms with E-state index in [1.165, 1.54) is 0 Å². The van der Waals surface area contributed by atoms with E-state index in [0.717, 1.165) is 0 Å². The Kier molecular flexibility index (Phi) is 2.41. The van der Waals surface area contributed by atoms with Crippen LogP contribution in [0.15, 0.2) is 0 Å². The van der Waals surface area contributed by atoms with Gasteiger partial charge in [0.25, 0.3) is 0 Å². The third-order valence-electron chi connectivity index (χ3n) is 0.569. The lowest BCUT2D eigenvalue weighted by atomic mass is 10.2. The molecule has 0 spiro atoms. The zero-order chi connectivity index (χ0) is 5.86. The Balaban J connectivity index is 3.13. The van der Waals surface area contributed by atoms with Crippen LogP contribution >= 0.6 is 0 Å². The van der Waals surface area contributed by atoms with Gasteiger partial charge in [-0.1, -0.05) is 13.8 Å². The van der Waals surface area contributed by atoms with Crippen molar-refractivity contribution in [3.63, 3.8) is 0 Å². The minimum Gasteiger partial charge on any atom is -0.624 e. The standard InChI is InChI=1S/C5H11NO/c1-5(2)4-6(3)7/h5H,3-4H2,1-2H3. The Bertz CT molecular complexity index is 68.5. The van der Waals surface area contributed by atoms with Crippen LogP contribution in [0.3, 0.4) is 0 Å². The molecule has 0 aliphatic heterocycles. The number of hydrogen-bond donors (Lipinski definition) is 0. The van der Waals surface area contributed by atoms with Crippen LogP contribution in [0.4, 0.5) is 0 Å². The summed E-state index contributed by atoms with van der Waals surface area (Å²) in [5, 5.41) is 10.1. The van der Waals surface area contributed by atoms with E-state index >= 15 is 0 Å². The van der Waals surface area contributed by atoms with Gasteiger partial charge in [-0.15, -0.1) is 0 Å². The van der Waals surface area contributed by atoms with Crippen molar-refractivity contribution >= 4 is 6.72 Å². The van der Waals surface area contributed by atoms with Crippen LogP contribution in [0.25, 0.3) is 0 Å². The number of hydrogen-bond acceptors (Lipinski definition) is 1. The first-order chi connectivity index (χ1) is 3.13. The van der Waals surface area contributed by atoms with Crippen LogP contribution in [0, 0.1) is 11.1 Å². The summed E-state index contributed by atoms with van der Waals surface area (Å²) in [6.07, 6.45) is 0. The minimum absolute atomic E-state index is 0.426. The first-order valence-corrected chi connectivity index (χ1v) is 2.38. The predicted molar refractivity (Wildman–Crippen MR) is 30.5 cm³/mol. The van der Waals surface area contributed by atoms with Gasteiger partial charge < -0.3 is 5.21 Å². The molecule has 2 nitrogen and oxygen atoms in total. The fraction of sp³-hybridized carbons (Fsp3) is 0.800. The second kappa shape index (κ2) is 2.61. The molecule has 0 heterocycles. The molecule has 0 aromatic rings. The summed E-state index contributed by atoms with van der Waals surface area (Å²) in [7, 11) is 0. The largest absolute Gasteiger partial charge is 0.624 e. The molecule has 0 aromatic heterocycles. The van der Waals surface area contributed by atoms with Gasteiger partial charge in [0, 0.05) is 5.92 Å². The van der Waals surface area contributed by atoms with E-state index in [2.05, 4.69) is 6.72 Å². The van der Waals surface area contributed by atoms with Gasteiger partial charge in [0.05, 0.1) is 0 Å². The Hall–Kier alpha value is -0.530. The third-order valence-corrected chi connectivity index (χ3v) is 0.569. The Morgan fingerprint density at radius 1 is 1.71 bits per heavy atom. The lowest BCUT2D eigenvalue weighted by Gasteiger charge is -2.02. The molecule has 7 heavy (non-hydrogen) atoms. The van der Waals surface area contributed by atoms with E-state index in [1.807, 2.05) is 13.8 Å². The normalized spacial score (nSPS) is 9.57. The van der Waals surface area contributed by atoms with Crippen molar-refractivity contribution in [1.82, 2.24) is 0 Å². The van der Waals surface area contributed by atoms with E-state index in [9.17, 15) is 5.21 Å². The van der Waals surface area contributed by atoms with Gasteiger partial charge in [0.1, 0.15) is 6.72 Å². The summed E-state index contributed by atoms with van der Waals surface area (Å²) < 4.78 is 0.699. The zero-order valence-electron chi connectivity index (χ0n) is 4.85. The quantitative estimate of drug-likeness (QED) is 0.219. The third kappa shape index (κ3) is 5.47. The van der Waals surface area contributed by atoms with Gasteiger partial charge in [-0.05, 0) is 0 Å². The molecule has 0 saturated carbocycles. The van der Waals surface area contributed by atoms with Crippen molar-refractivity contribution in [2.45, 2.75) is 13.8 Å². The maximum Gasteiger partial charge on any atom is 0.155 e. The zero-order valence-corrected chi connectivity index (χ0v) is 4.85. The van der Waals surface area contributed by atoms with E-state index in [0.29, 0.717) is 17.2 Å². The smallest absolute Gasteiger partial charge is 0.155 e. The van der Waals surface area contributed by atoms with Gasteiger partial charge in [0.15, 0.2) is 6.54 Å². The first-order valence-electron chi connectivity index (χ1n) is 2.38. The van der Waals surface area contributed by atoms with Gasteiger partial charge in [-0.2, -0.15) is 0 Å². The van der Waals surface area contributed by atoms with E-state index in [-0.39, 0.29) is 0 Å². The molecule has 0 saturated heterocycles. The SMILES string of the molecule is C=[N+]([O-])CC(C)C. The molecular weight excluding hydrogens is 90.1 g/mol. The number of hydroxylamine groups is 1. The Morgan fingerprint density at radius 2 is 2.14 bits per heavy atom. The molecule has 0 rings (SSSR count). The van der Waals surface area contributed by atoms with Gasteiger partial charge in [0.2, 0.25) is 0 Å². The van der Waals surface area contributed by atoms with E-state index in [4.69, 9.17) is 0 Å². The molecule has 2 heteroatoms. The molecule has 0 radical (unpaired) electrons. The predicted octanol–water partition coefficient (Wildman–Crippen LogP) is 0.853. The lowest BCUT2D eigenvalue weighted by molar-refractivity contribution is -0.455. The van der Waals surface area contributed by atoms with E-state index < -0.39 is 0 Å². The average Bonchev–Trinajstić information content (AvgIpc) is 1.27. The molecule has 0 amide bonds. The monoisotopic (exact) mass is 101 g/mol. The van der Waals surface area contributed by atoms with Crippen molar-refractivity contribution in [3.8, 4) is 0 Å². The molecule has 0 bridgehead atoms. The molecule has 0 aliphatic carbocycles. The summed E-state index contributed by atoms with van der Waals surface area (Å²) in [5.41, 5.74) is 0. The molecule has 42 valence electrons. The lowest BCUT2D eigenvalue weighted by Crippen LogP contribution is -2.07. The van der Waals surface area contributed by atoms with Gasteiger partial charge in [-0.3, -0.25) is 0 Å². The second-order valence-corrected chi connectivity index (χ2v) is 2.06. The maximum absolute atomic E-state index is 10.1. The molecular formula is C5H11NO. The number of rotatable bonds is 2. The van der Waals surface area contributed by atoms with Crippen molar-refractivity contribution in [3.05, 3.63) is 5.21 Å². The maximum atomic E-state index is 10.1. The highest BCUT2D eigenvalue weighted by molar-refractivity contribution is 5.14. The first kappa shape index (κ1) is 6.47. The van der Waals surface area contributed by atoms with Crippen molar-refractivity contribution in [1.29, 1.82) is 0 Å². The highest BCUT2D eigenvalue weighted by Gasteiger charge is 1.93. The van der Waals surface area contributed by atoms with Crippen molar-refractivity contribution < 1.29 is 4.74 Å². The van der Waals surface area contributed by atoms with Gasteiger partial charge in [-0.25, -0.2) is 4.74 Å². The summed E-state index contributed by atoms with van der Waals surface area (Å²) >= 11 is 0. The van der Waals surface area contributed by atoms with E-state index in [1.54, 1.807) is 0 Å². The van der Waals surface area contributed by atoms with Crippen LogP contribution in [-0.2, 0) is 0 Å². The van der Waals surface area contributed by atoms with Crippen LogP contribution < -0.4 is 0 Å². The molecule has 0 aromatic carbocycles. The average molecular weight is 101 g/mol. The fourth-order valence-corrected chi connectivity index (χ4v) is 0.407. The van der Waals surface area contributed by atoms with Crippen LogP contribution in [0.1, 0.15) is 13.8 Å². The Morgan fingerprint density at radius 3 is 2.14 bits per heavy atom. The second-order valence-electron chi connectivity index (χ2n) is 2.06. The molecule has 0 N–H and O–H groups in total. The molecule has 0 aliphatic rings. The minimum atomic E-state index is 0.426. The summed E-state index contributed by atoms with van der Waals surface area (Å²) in [6, 6.07) is 0. The van der Waals surface area contributed by atoms with Crippen molar-refractivity contribution in [2.75, 3.05) is 6.54 Å². The van der Waals surface area contributed by atoms with Gasteiger partial charge >= 0.3 is 0 Å². The fourth-order valence-electron chi connectivity index (χ4n) is 0.407. The summed E-state index contributed by atoms with van der Waals surface area (Å²) in [6.45, 7) is 7.65. The number of nitrogens with zero attached hydrogens (tertiary/aromatic N) is 1. The molecule has 0 unspecified atom stereocenters. The summed E-state index contributed by atoms with van der Waals surface area (Å²) in [5.74, 6) is 0.426. The molecule has 0 atom stereocenters. The highest BCUT2D eigenvalue weighted by atomic mass is 16.5. The van der Waals surface area contributed by atoms with Crippen LogP contribution in [-0.4, -0.2) is 18.0 Å². The summed E-state index contributed by atoms with van der Waals surface area (Å²) in [4.78, 5) is 0. The highest BCUT2D eigenvalue weighted by Crippen LogP contribution is 1.88. The molecule has 0 fully saturated rings. The van der Waals surface area contributed by atoms with Crippen molar-refractivity contribution in [2.24, 2.45) is 5.92 Å². The van der Waals surface area contributed by atoms with Crippen LogP contribution in [0.2, 0.25) is 0 Å².